The van der Waals surface area contributed by atoms with Gasteiger partial charge in [0.15, 0.2) is 5.16 Å². The number of nitrogens with one attached hydrogen (secondary N) is 1. The molecule has 1 rings (SSSR count). The van der Waals surface area contributed by atoms with Crippen LogP contribution in [-0.2, 0) is 23.2 Å². The van der Waals surface area contributed by atoms with Gasteiger partial charge in [-0.15, -0.1) is 0 Å². The van der Waals surface area contributed by atoms with Crippen LogP contribution in [0.4, 0.5) is 0 Å². The molecule has 8 heteroatoms. The first-order chi connectivity index (χ1) is 9.99. The van der Waals surface area contributed by atoms with Gasteiger partial charge in [0.1, 0.15) is 0 Å². The van der Waals surface area contributed by atoms with Crippen molar-refractivity contribution in [2.75, 3.05) is 25.9 Å². The molecule has 0 aromatic carbocycles. The number of aromatic nitrogens is 2. The molecule has 2 amide bonds. The van der Waals surface area contributed by atoms with E-state index in [0.717, 1.165) is 6.42 Å². The minimum atomic E-state index is -0.155. The molecule has 1 heterocycles. The maximum atomic E-state index is 12.0. The molecule has 0 aliphatic heterocycles. The van der Waals surface area contributed by atoms with Crippen LogP contribution in [0.5, 0.6) is 0 Å². The standard InChI is InChI=1S/C13H22N4O3S/c1-4-5-14-11(19)7-16(2)12(20)9-21-13-15-6-10(8-18)17(13)3/h6,18H,4-5,7-9H2,1-3H3,(H,14,19). The molecule has 0 bridgehead atoms. The van der Waals surface area contributed by atoms with Crippen LogP contribution in [0.2, 0.25) is 0 Å². The topological polar surface area (TPSA) is 87.5 Å². The quantitative estimate of drug-likeness (QED) is 0.659. The highest BCUT2D eigenvalue weighted by Gasteiger charge is 2.14. The highest BCUT2D eigenvalue weighted by molar-refractivity contribution is 7.99. The van der Waals surface area contributed by atoms with E-state index in [1.165, 1.54) is 16.7 Å². The van der Waals surface area contributed by atoms with E-state index in [-0.39, 0.29) is 30.7 Å². The number of carbonyl (C=O) groups excluding carboxylic acids is 2. The Morgan fingerprint density at radius 1 is 1.52 bits per heavy atom. The second-order valence-corrected chi connectivity index (χ2v) is 5.58. The van der Waals surface area contributed by atoms with E-state index in [9.17, 15) is 9.59 Å². The zero-order valence-electron chi connectivity index (χ0n) is 12.6. The van der Waals surface area contributed by atoms with Crippen molar-refractivity contribution in [3.8, 4) is 0 Å². The maximum absolute atomic E-state index is 12.0. The Hall–Kier alpha value is -1.54. The summed E-state index contributed by atoms with van der Waals surface area (Å²) >= 11 is 1.28. The third-order valence-corrected chi connectivity index (χ3v) is 3.94. The summed E-state index contributed by atoms with van der Waals surface area (Å²) in [6.45, 7) is 2.56. The molecular formula is C13H22N4O3S. The zero-order valence-corrected chi connectivity index (χ0v) is 13.4. The first kappa shape index (κ1) is 17.5. The molecule has 0 spiro atoms. The Morgan fingerprint density at radius 2 is 2.24 bits per heavy atom. The Kier molecular flexibility index (Phi) is 7.24. The molecule has 7 nitrogen and oxygen atoms in total. The van der Waals surface area contributed by atoms with Gasteiger partial charge in [0, 0.05) is 20.6 Å². The fourth-order valence-corrected chi connectivity index (χ4v) is 2.48. The van der Waals surface area contributed by atoms with E-state index in [2.05, 4.69) is 10.3 Å². The number of aliphatic hydroxyl groups is 1. The third kappa shape index (κ3) is 5.39. The van der Waals surface area contributed by atoms with Gasteiger partial charge in [0.05, 0.1) is 30.8 Å². The molecule has 2 N–H and O–H groups in total. The summed E-state index contributed by atoms with van der Waals surface area (Å²) in [7, 11) is 3.39. The summed E-state index contributed by atoms with van der Waals surface area (Å²) in [5.41, 5.74) is 0.692. The third-order valence-electron chi connectivity index (χ3n) is 2.91. The van der Waals surface area contributed by atoms with Gasteiger partial charge in [-0.05, 0) is 6.42 Å². The summed E-state index contributed by atoms with van der Waals surface area (Å²) < 4.78 is 1.74. The van der Waals surface area contributed by atoms with Crippen LogP contribution in [0.3, 0.4) is 0 Å². The number of thioether (sulfide) groups is 1. The summed E-state index contributed by atoms with van der Waals surface area (Å²) in [5, 5.41) is 12.5. The number of imidazole rings is 1. The van der Waals surface area contributed by atoms with Crippen molar-refractivity contribution in [2.24, 2.45) is 7.05 Å². The smallest absolute Gasteiger partial charge is 0.239 e. The number of carbonyl (C=O) groups is 2. The highest BCUT2D eigenvalue weighted by Crippen LogP contribution is 2.17. The number of aliphatic hydroxyl groups excluding tert-OH is 1. The molecule has 0 atom stereocenters. The van der Waals surface area contributed by atoms with Gasteiger partial charge in [-0.1, -0.05) is 18.7 Å². The SMILES string of the molecule is CCCNC(=O)CN(C)C(=O)CSc1ncc(CO)n1C. The lowest BCUT2D eigenvalue weighted by atomic mass is 10.4. The molecule has 0 aliphatic carbocycles. The highest BCUT2D eigenvalue weighted by atomic mass is 32.2. The molecule has 0 radical (unpaired) electrons. The summed E-state index contributed by atoms with van der Waals surface area (Å²) in [5.74, 6) is -0.0924. The lowest BCUT2D eigenvalue weighted by Gasteiger charge is -2.16. The van der Waals surface area contributed by atoms with Crippen molar-refractivity contribution in [1.29, 1.82) is 0 Å². The van der Waals surface area contributed by atoms with Gasteiger partial charge >= 0.3 is 0 Å². The molecule has 0 saturated carbocycles. The lowest BCUT2D eigenvalue weighted by Crippen LogP contribution is -2.39. The van der Waals surface area contributed by atoms with E-state index in [1.54, 1.807) is 24.9 Å². The Balaban J connectivity index is 2.42. The van der Waals surface area contributed by atoms with Crippen molar-refractivity contribution < 1.29 is 14.7 Å². The number of likely N-dealkylation sites (N-methyl/N-ethyl adjacent to an activating group) is 1. The molecule has 1 aromatic heterocycles. The van der Waals surface area contributed by atoms with E-state index >= 15 is 0 Å². The van der Waals surface area contributed by atoms with E-state index in [4.69, 9.17) is 5.11 Å². The number of hydrogen-bond acceptors (Lipinski definition) is 5. The molecule has 1 aromatic rings. The molecule has 0 unspecified atom stereocenters. The molecule has 0 aliphatic rings. The van der Waals surface area contributed by atoms with Crippen molar-refractivity contribution in [3.63, 3.8) is 0 Å². The number of hydrogen-bond donors (Lipinski definition) is 2. The monoisotopic (exact) mass is 314 g/mol. The van der Waals surface area contributed by atoms with Crippen LogP contribution in [0.15, 0.2) is 11.4 Å². The van der Waals surface area contributed by atoms with Crippen LogP contribution in [0, 0.1) is 0 Å². The summed E-state index contributed by atoms with van der Waals surface area (Å²) in [6.07, 6.45) is 2.44. The second-order valence-electron chi connectivity index (χ2n) is 4.64. The molecule has 0 saturated heterocycles. The van der Waals surface area contributed by atoms with Crippen molar-refractivity contribution in [3.05, 3.63) is 11.9 Å². The van der Waals surface area contributed by atoms with E-state index < -0.39 is 0 Å². The first-order valence-corrected chi connectivity index (χ1v) is 7.73. The number of nitrogens with zero attached hydrogens (tertiary/aromatic N) is 3. The molecule has 21 heavy (non-hydrogen) atoms. The Morgan fingerprint density at radius 3 is 2.81 bits per heavy atom. The van der Waals surface area contributed by atoms with Crippen LogP contribution in [0.25, 0.3) is 0 Å². The maximum Gasteiger partial charge on any atom is 0.239 e. The first-order valence-electron chi connectivity index (χ1n) is 6.74. The van der Waals surface area contributed by atoms with Gasteiger partial charge in [0.2, 0.25) is 11.8 Å². The Labute approximate surface area is 128 Å². The predicted molar refractivity (Wildman–Crippen MR) is 80.8 cm³/mol. The minimum Gasteiger partial charge on any atom is -0.390 e. The largest absolute Gasteiger partial charge is 0.390 e. The van der Waals surface area contributed by atoms with Gasteiger partial charge in [-0.25, -0.2) is 4.98 Å². The molecule has 118 valence electrons. The van der Waals surface area contributed by atoms with E-state index in [0.29, 0.717) is 17.4 Å². The van der Waals surface area contributed by atoms with Gasteiger partial charge in [-0.3, -0.25) is 9.59 Å². The summed E-state index contributed by atoms with van der Waals surface area (Å²) in [6, 6.07) is 0. The van der Waals surface area contributed by atoms with E-state index in [1.807, 2.05) is 6.92 Å². The van der Waals surface area contributed by atoms with Gasteiger partial charge < -0.3 is 19.9 Å². The average Bonchev–Trinajstić information content (AvgIpc) is 2.82. The fraction of sp³-hybridized carbons (Fsp3) is 0.615. The van der Waals surface area contributed by atoms with Crippen molar-refractivity contribution in [2.45, 2.75) is 25.1 Å². The number of rotatable bonds is 8. The number of amides is 2. The van der Waals surface area contributed by atoms with Crippen LogP contribution < -0.4 is 5.32 Å². The zero-order chi connectivity index (χ0) is 15.8. The second kappa shape index (κ2) is 8.68. The Bertz CT molecular complexity index is 490. The molecule has 0 fully saturated rings. The van der Waals surface area contributed by atoms with Crippen LogP contribution in [-0.4, -0.2) is 57.3 Å². The van der Waals surface area contributed by atoms with Gasteiger partial charge in [-0.2, -0.15) is 0 Å². The minimum absolute atomic E-state index is 0.0574. The predicted octanol–water partition coefficient (Wildman–Crippen LogP) is -0.0109. The lowest BCUT2D eigenvalue weighted by molar-refractivity contribution is -0.132. The van der Waals surface area contributed by atoms with Crippen molar-refractivity contribution in [1.82, 2.24) is 19.8 Å². The normalized spacial score (nSPS) is 10.5. The average molecular weight is 314 g/mol. The van der Waals surface area contributed by atoms with Crippen molar-refractivity contribution >= 4 is 23.6 Å². The van der Waals surface area contributed by atoms with Gasteiger partial charge in [0.25, 0.3) is 0 Å². The van der Waals surface area contributed by atoms with Crippen LogP contribution in [0.1, 0.15) is 19.0 Å². The fourth-order valence-electron chi connectivity index (χ4n) is 1.57. The molecular weight excluding hydrogens is 292 g/mol. The van der Waals surface area contributed by atoms with Crippen LogP contribution >= 0.6 is 11.8 Å². The summed E-state index contributed by atoms with van der Waals surface area (Å²) in [4.78, 5) is 29.0.